The van der Waals surface area contributed by atoms with Gasteiger partial charge in [0.15, 0.2) is 0 Å². The summed E-state index contributed by atoms with van der Waals surface area (Å²) in [4.78, 5) is 17.9. The van der Waals surface area contributed by atoms with Gasteiger partial charge in [0.1, 0.15) is 5.15 Å². The first-order valence-corrected chi connectivity index (χ1v) is 6.07. The molecular formula is C12H16ClN3O. The average Bonchev–Trinajstić information content (AvgIpc) is 2.62. The molecule has 1 saturated heterocycles. The maximum Gasteiger partial charge on any atom is 0.256 e. The van der Waals surface area contributed by atoms with Crippen LogP contribution in [0.4, 0.5) is 5.69 Å². The van der Waals surface area contributed by atoms with Crippen LogP contribution in [0.5, 0.6) is 0 Å². The zero-order valence-electron chi connectivity index (χ0n) is 9.98. The third-order valence-corrected chi connectivity index (χ3v) is 3.61. The largest absolute Gasteiger partial charge is 0.397 e. The van der Waals surface area contributed by atoms with Gasteiger partial charge < -0.3 is 10.6 Å². The van der Waals surface area contributed by atoms with Gasteiger partial charge in [0, 0.05) is 13.1 Å². The molecule has 2 rings (SSSR count). The molecule has 2 heterocycles. The Kier molecular flexibility index (Phi) is 3.24. The highest BCUT2D eigenvalue weighted by Gasteiger charge is 2.30. The molecule has 1 fully saturated rings. The minimum Gasteiger partial charge on any atom is -0.397 e. The van der Waals surface area contributed by atoms with Gasteiger partial charge in [-0.1, -0.05) is 25.4 Å². The highest BCUT2D eigenvalue weighted by molar-refractivity contribution is 6.29. The van der Waals surface area contributed by atoms with Gasteiger partial charge in [0.2, 0.25) is 0 Å². The van der Waals surface area contributed by atoms with E-state index >= 15 is 0 Å². The Morgan fingerprint density at radius 1 is 1.47 bits per heavy atom. The van der Waals surface area contributed by atoms with Crippen molar-refractivity contribution in [2.75, 3.05) is 18.8 Å². The van der Waals surface area contributed by atoms with Crippen molar-refractivity contribution in [1.29, 1.82) is 0 Å². The number of rotatable bonds is 1. The van der Waals surface area contributed by atoms with E-state index in [-0.39, 0.29) is 5.91 Å². The van der Waals surface area contributed by atoms with Gasteiger partial charge in [0.25, 0.3) is 5.91 Å². The predicted molar refractivity (Wildman–Crippen MR) is 67.9 cm³/mol. The Morgan fingerprint density at radius 2 is 2.06 bits per heavy atom. The molecule has 2 unspecified atom stereocenters. The van der Waals surface area contributed by atoms with Crippen LogP contribution < -0.4 is 5.73 Å². The molecule has 5 heteroatoms. The molecular weight excluding hydrogens is 238 g/mol. The first-order valence-electron chi connectivity index (χ1n) is 5.69. The van der Waals surface area contributed by atoms with Crippen molar-refractivity contribution in [3.8, 4) is 0 Å². The van der Waals surface area contributed by atoms with E-state index in [1.807, 2.05) is 4.90 Å². The van der Waals surface area contributed by atoms with Crippen molar-refractivity contribution >= 4 is 23.2 Å². The number of hydrogen-bond donors (Lipinski definition) is 1. The van der Waals surface area contributed by atoms with E-state index in [0.29, 0.717) is 28.2 Å². The number of amides is 1. The number of nitrogen functional groups attached to an aromatic ring is 1. The quantitative estimate of drug-likeness (QED) is 0.780. The lowest BCUT2D eigenvalue weighted by molar-refractivity contribution is 0.0786. The molecule has 0 radical (unpaired) electrons. The maximum atomic E-state index is 12.3. The number of carbonyl (C=O) groups excluding carboxylic acids is 1. The van der Waals surface area contributed by atoms with Crippen molar-refractivity contribution in [3.63, 3.8) is 0 Å². The number of pyridine rings is 1. The summed E-state index contributed by atoms with van der Waals surface area (Å²) in [5.41, 5.74) is 6.59. The number of anilines is 1. The summed E-state index contributed by atoms with van der Waals surface area (Å²) in [6.07, 6.45) is 1.43. The third kappa shape index (κ3) is 2.36. The molecule has 2 atom stereocenters. The van der Waals surface area contributed by atoms with Crippen LogP contribution in [0.2, 0.25) is 5.15 Å². The van der Waals surface area contributed by atoms with Crippen LogP contribution in [0.15, 0.2) is 12.3 Å². The minimum atomic E-state index is -0.0528. The molecule has 0 spiro atoms. The van der Waals surface area contributed by atoms with Crippen molar-refractivity contribution in [2.24, 2.45) is 11.8 Å². The summed E-state index contributed by atoms with van der Waals surface area (Å²) in [7, 11) is 0. The van der Waals surface area contributed by atoms with Crippen molar-refractivity contribution in [1.82, 2.24) is 9.88 Å². The molecule has 1 aromatic heterocycles. The lowest BCUT2D eigenvalue weighted by Gasteiger charge is -2.17. The fraction of sp³-hybridized carbons (Fsp3) is 0.500. The summed E-state index contributed by atoms with van der Waals surface area (Å²) in [5.74, 6) is 0.998. The second-order valence-corrected chi connectivity index (χ2v) is 5.15. The number of hydrogen-bond acceptors (Lipinski definition) is 3. The molecule has 4 nitrogen and oxygen atoms in total. The Morgan fingerprint density at radius 3 is 2.65 bits per heavy atom. The van der Waals surface area contributed by atoms with E-state index in [1.165, 1.54) is 12.3 Å². The Bertz CT molecular complexity index is 439. The second kappa shape index (κ2) is 4.53. The molecule has 0 aliphatic carbocycles. The lowest BCUT2D eigenvalue weighted by atomic mass is 10.0. The van der Waals surface area contributed by atoms with E-state index in [2.05, 4.69) is 18.8 Å². The van der Waals surface area contributed by atoms with Gasteiger partial charge in [0.05, 0.1) is 17.4 Å². The molecule has 2 N–H and O–H groups in total. The van der Waals surface area contributed by atoms with E-state index in [9.17, 15) is 4.79 Å². The number of nitrogens with two attached hydrogens (primary N) is 1. The number of nitrogens with zero attached hydrogens (tertiary/aromatic N) is 2. The highest BCUT2D eigenvalue weighted by Crippen LogP contribution is 2.25. The Hall–Kier alpha value is -1.29. The number of halogens is 1. The van der Waals surface area contributed by atoms with E-state index in [4.69, 9.17) is 17.3 Å². The molecule has 1 aliphatic rings. The summed E-state index contributed by atoms with van der Waals surface area (Å²) >= 11 is 5.79. The zero-order chi connectivity index (χ0) is 12.6. The monoisotopic (exact) mass is 253 g/mol. The molecule has 1 aromatic rings. The molecule has 0 aromatic carbocycles. The average molecular weight is 254 g/mol. The van der Waals surface area contributed by atoms with Crippen molar-refractivity contribution < 1.29 is 4.79 Å². The van der Waals surface area contributed by atoms with Gasteiger partial charge >= 0.3 is 0 Å². The van der Waals surface area contributed by atoms with Gasteiger partial charge in [-0.2, -0.15) is 0 Å². The van der Waals surface area contributed by atoms with Crippen LogP contribution in [-0.4, -0.2) is 28.9 Å². The van der Waals surface area contributed by atoms with Crippen LogP contribution in [-0.2, 0) is 0 Å². The molecule has 1 amide bonds. The van der Waals surface area contributed by atoms with Crippen molar-refractivity contribution in [2.45, 2.75) is 13.8 Å². The van der Waals surface area contributed by atoms with Gasteiger partial charge in [-0.05, 0) is 17.9 Å². The van der Waals surface area contributed by atoms with E-state index in [1.54, 1.807) is 0 Å². The number of likely N-dealkylation sites (tertiary alicyclic amines) is 1. The van der Waals surface area contributed by atoms with Gasteiger partial charge in [-0.15, -0.1) is 0 Å². The smallest absolute Gasteiger partial charge is 0.256 e. The maximum absolute atomic E-state index is 12.3. The number of carbonyl (C=O) groups is 1. The van der Waals surface area contributed by atoms with Gasteiger partial charge in [-0.3, -0.25) is 4.79 Å². The first-order chi connectivity index (χ1) is 7.99. The summed E-state index contributed by atoms with van der Waals surface area (Å²) in [6.45, 7) is 5.86. The molecule has 1 aliphatic heterocycles. The first kappa shape index (κ1) is 12.2. The Balaban J connectivity index is 2.23. The highest BCUT2D eigenvalue weighted by atomic mass is 35.5. The molecule has 92 valence electrons. The van der Waals surface area contributed by atoms with Crippen LogP contribution in [0, 0.1) is 11.8 Å². The topological polar surface area (TPSA) is 59.2 Å². The second-order valence-electron chi connectivity index (χ2n) is 4.76. The molecule has 0 bridgehead atoms. The Labute approximate surface area is 106 Å². The van der Waals surface area contributed by atoms with Gasteiger partial charge in [-0.25, -0.2) is 4.98 Å². The number of aromatic nitrogens is 1. The normalized spacial score (nSPS) is 24.1. The third-order valence-electron chi connectivity index (χ3n) is 3.41. The fourth-order valence-electron chi connectivity index (χ4n) is 2.09. The molecule has 0 saturated carbocycles. The van der Waals surface area contributed by atoms with E-state index < -0.39 is 0 Å². The van der Waals surface area contributed by atoms with Crippen LogP contribution in [0.1, 0.15) is 24.2 Å². The summed E-state index contributed by atoms with van der Waals surface area (Å²) < 4.78 is 0. The summed E-state index contributed by atoms with van der Waals surface area (Å²) in [5, 5.41) is 0.294. The van der Waals surface area contributed by atoms with Crippen molar-refractivity contribution in [3.05, 3.63) is 23.0 Å². The zero-order valence-corrected chi connectivity index (χ0v) is 10.7. The van der Waals surface area contributed by atoms with Crippen LogP contribution in [0.25, 0.3) is 0 Å². The minimum absolute atomic E-state index is 0.0528. The SMILES string of the molecule is CC1CN(C(=O)c2cc(Cl)ncc2N)CC1C. The standard InChI is InChI=1S/C12H16ClN3O/c1-7-5-16(6-8(7)2)12(17)9-3-11(13)15-4-10(9)14/h3-4,7-8H,5-6,14H2,1-2H3. The predicted octanol–water partition coefficient (Wildman–Crippen LogP) is 2.05. The van der Waals surface area contributed by atoms with E-state index in [0.717, 1.165) is 13.1 Å². The van der Waals surface area contributed by atoms with Crippen LogP contribution >= 0.6 is 11.6 Å². The fourth-order valence-corrected chi connectivity index (χ4v) is 2.25. The lowest BCUT2D eigenvalue weighted by Crippen LogP contribution is -2.29. The molecule has 17 heavy (non-hydrogen) atoms. The van der Waals surface area contributed by atoms with Crippen LogP contribution in [0.3, 0.4) is 0 Å². The summed E-state index contributed by atoms with van der Waals surface area (Å²) in [6, 6.07) is 1.53.